The van der Waals surface area contributed by atoms with Gasteiger partial charge in [-0.05, 0) is 0 Å². The van der Waals surface area contributed by atoms with Crippen molar-refractivity contribution in [2.24, 2.45) is 0 Å². The van der Waals surface area contributed by atoms with Crippen LogP contribution in [-0.4, -0.2) is 69.3 Å². The van der Waals surface area contributed by atoms with Crippen LogP contribution >= 0.6 is 0 Å². The van der Waals surface area contributed by atoms with Gasteiger partial charge < -0.3 is 20.5 Å². The van der Waals surface area contributed by atoms with Crippen molar-refractivity contribution in [1.82, 2.24) is 10.6 Å². The molecule has 0 saturated carbocycles. The Morgan fingerprint density at radius 1 is 1.42 bits per heavy atom. The van der Waals surface area contributed by atoms with Gasteiger partial charge in [0.1, 0.15) is 6.61 Å². The summed E-state index contributed by atoms with van der Waals surface area (Å²) in [6.07, 6.45) is 0.0815. The standard InChI is InChI=1S/C10H18N2O6S/c13-9(12-1-3-18-6-10(14)15)5-8-7-19(16,17)4-2-11-8/h8,11H,1-7H2,(H,12,13)(H,14,15). The summed E-state index contributed by atoms with van der Waals surface area (Å²) in [5.41, 5.74) is 0. The average molecular weight is 294 g/mol. The Balaban J connectivity index is 2.15. The van der Waals surface area contributed by atoms with Crippen molar-refractivity contribution in [3.8, 4) is 0 Å². The monoisotopic (exact) mass is 294 g/mol. The molecule has 0 aliphatic carbocycles. The zero-order valence-electron chi connectivity index (χ0n) is 10.4. The first-order valence-electron chi connectivity index (χ1n) is 5.89. The van der Waals surface area contributed by atoms with Crippen molar-refractivity contribution >= 4 is 21.7 Å². The summed E-state index contributed by atoms with van der Waals surface area (Å²) in [5.74, 6) is -1.28. The molecule has 3 N–H and O–H groups in total. The van der Waals surface area contributed by atoms with E-state index in [2.05, 4.69) is 10.6 Å². The van der Waals surface area contributed by atoms with Crippen molar-refractivity contribution in [1.29, 1.82) is 0 Å². The van der Waals surface area contributed by atoms with Gasteiger partial charge in [-0.3, -0.25) is 4.79 Å². The summed E-state index contributed by atoms with van der Waals surface area (Å²) in [7, 11) is -3.05. The number of carbonyl (C=O) groups excluding carboxylic acids is 1. The Hall–Kier alpha value is -1.19. The van der Waals surface area contributed by atoms with E-state index in [1.54, 1.807) is 0 Å². The molecule has 1 unspecified atom stereocenters. The lowest BCUT2D eigenvalue weighted by Gasteiger charge is -2.23. The molecule has 1 amide bonds. The van der Waals surface area contributed by atoms with Gasteiger partial charge in [0, 0.05) is 25.6 Å². The Morgan fingerprint density at radius 2 is 2.16 bits per heavy atom. The Bertz CT molecular complexity index is 422. The van der Waals surface area contributed by atoms with Crippen LogP contribution in [0, 0.1) is 0 Å². The van der Waals surface area contributed by atoms with E-state index in [4.69, 9.17) is 9.84 Å². The van der Waals surface area contributed by atoms with Gasteiger partial charge in [-0.25, -0.2) is 13.2 Å². The van der Waals surface area contributed by atoms with Crippen LogP contribution in [-0.2, 0) is 24.2 Å². The minimum atomic E-state index is -3.05. The van der Waals surface area contributed by atoms with Crippen LogP contribution in [0.3, 0.4) is 0 Å². The molecule has 1 saturated heterocycles. The minimum absolute atomic E-state index is 0.0318. The fourth-order valence-electron chi connectivity index (χ4n) is 1.72. The van der Waals surface area contributed by atoms with E-state index in [1.807, 2.05) is 0 Å². The summed E-state index contributed by atoms with van der Waals surface area (Å²) in [5, 5.41) is 13.8. The molecule has 0 aromatic rings. The highest BCUT2D eigenvalue weighted by Crippen LogP contribution is 2.04. The maximum Gasteiger partial charge on any atom is 0.329 e. The average Bonchev–Trinajstić information content (AvgIpc) is 2.26. The third-order valence-electron chi connectivity index (χ3n) is 2.53. The lowest BCUT2D eigenvalue weighted by atomic mass is 10.2. The second-order valence-corrected chi connectivity index (χ2v) is 6.49. The Kier molecular flexibility index (Phi) is 6.19. The van der Waals surface area contributed by atoms with Crippen LogP contribution in [0.1, 0.15) is 6.42 Å². The SMILES string of the molecule is O=C(O)COCCNC(=O)CC1CS(=O)(=O)CCN1. The molecule has 1 heterocycles. The number of hydrogen-bond donors (Lipinski definition) is 3. The summed E-state index contributed by atoms with van der Waals surface area (Å²) in [6, 6.07) is -0.362. The van der Waals surface area contributed by atoms with Gasteiger partial charge >= 0.3 is 5.97 Å². The van der Waals surface area contributed by atoms with Gasteiger partial charge in [0.2, 0.25) is 5.91 Å². The predicted octanol–water partition coefficient (Wildman–Crippen LogP) is -2.02. The molecule has 1 aliphatic rings. The number of nitrogens with one attached hydrogen (secondary N) is 2. The zero-order valence-corrected chi connectivity index (χ0v) is 11.2. The van der Waals surface area contributed by atoms with Crippen LogP contribution in [0.5, 0.6) is 0 Å². The number of hydrogen-bond acceptors (Lipinski definition) is 6. The maximum atomic E-state index is 11.5. The van der Waals surface area contributed by atoms with Gasteiger partial charge in [0.05, 0.1) is 18.1 Å². The van der Waals surface area contributed by atoms with E-state index >= 15 is 0 Å². The van der Waals surface area contributed by atoms with E-state index in [9.17, 15) is 18.0 Å². The predicted molar refractivity (Wildman–Crippen MR) is 66.5 cm³/mol. The summed E-state index contributed by atoms with van der Waals surface area (Å²) < 4.78 is 27.5. The molecule has 1 atom stereocenters. The van der Waals surface area contributed by atoms with Crippen molar-refractivity contribution < 1.29 is 27.9 Å². The van der Waals surface area contributed by atoms with E-state index < -0.39 is 22.4 Å². The number of amides is 1. The fourth-order valence-corrected chi connectivity index (χ4v) is 3.16. The molecular weight excluding hydrogens is 276 g/mol. The number of sulfone groups is 1. The first-order chi connectivity index (χ1) is 8.89. The lowest BCUT2D eigenvalue weighted by molar-refractivity contribution is -0.142. The molecule has 0 bridgehead atoms. The maximum absolute atomic E-state index is 11.5. The summed E-state index contributed by atoms with van der Waals surface area (Å²) in [4.78, 5) is 21.6. The molecule has 110 valence electrons. The number of carbonyl (C=O) groups is 2. The van der Waals surface area contributed by atoms with Crippen molar-refractivity contribution in [3.63, 3.8) is 0 Å². The minimum Gasteiger partial charge on any atom is -0.480 e. The molecule has 0 radical (unpaired) electrons. The normalized spacial score (nSPS) is 21.8. The molecule has 8 nitrogen and oxygen atoms in total. The summed E-state index contributed by atoms with van der Waals surface area (Å²) >= 11 is 0. The van der Waals surface area contributed by atoms with E-state index in [0.29, 0.717) is 6.54 Å². The van der Waals surface area contributed by atoms with Crippen LogP contribution in [0.15, 0.2) is 0 Å². The highest BCUT2D eigenvalue weighted by molar-refractivity contribution is 7.91. The van der Waals surface area contributed by atoms with Crippen molar-refractivity contribution in [3.05, 3.63) is 0 Å². The molecule has 1 fully saturated rings. The molecule has 1 rings (SSSR count). The van der Waals surface area contributed by atoms with Crippen LogP contribution < -0.4 is 10.6 Å². The van der Waals surface area contributed by atoms with E-state index in [0.717, 1.165) is 0 Å². The first-order valence-corrected chi connectivity index (χ1v) is 7.71. The molecule has 1 aliphatic heterocycles. The number of rotatable bonds is 7. The molecule has 0 aromatic heterocycles. The smallest absolute Gasteiger partial charge is 0.329 e. The number of ether oxygens (including phenoxy) is 1. The molecular formula is C10H18N2O6S. The molecule has 19 heavy (non-hydrogen) atoms. The largest absolute Gasteiger partial charge is 0.480 e. The van der Waals surface area contributed by atoms with Crippen LogP contribution in [0.4, 0.5) is 0 Å². The number of carboxylic acids is 1. The van der Waals surface area contributed by atoms with Gasteiger partial charge in [0.25, 0.3) is 0 Å². The Morgan fingerprint density at radius 3 is 2.79 bits per heavy atom. The lowest BCUT2D eigenvalue weighted by Crippen LogP contribution is -2.47. The van der Waals surface area contributed by atoms with Gasteiger partial charge in [-0.2, -0.15) is 0 Å². The van der Waals surface area contributed by atoms with Gasteiger partial charge in [-0.15, -0.1) is 0 Å². The van der Waals surface area contributed by atoms with Gasteiger partial charge in [-0.1, -0.05) is 0 Å². The second-order valence-electron chi connectivity index (χ2n) is 4.27. The Labute approximate surface area is 111 Å². The van der Waals surface area contributed by atoms with E-state index in [-0.39, 0.29) is 43.0 Å². The van der Waals surface area contributed by atoms with Gasteiger partial charge in [0.15, 0.2) is 9.84 Å². The van der Waals surface area contributed by atoms with E-state index in [1.165, 1.54) is 0 Å². The fraction of sp³-hybridized carbons (Fsp3) is 0.800. The van der Waals surface area contributed by atoms with Crippen molar-refractivity contribution in [2.75, 3.05) is 37.8 Å². The number of aliphatic carboxylic acids is 1. The van der Waals surface area contributed by atoms with Crippen LogP contribution in [0.2, 0.25) is 0 Å². The topological polar surface area (TPSA) is 122 Å². The second kappa shape index (κ2) is 7.41. The highest BCUT2D eigenvalue weighted by atomic mass is 32.2. The molecule has 0 spiro atoms. The van der Waals surface area contributed by atoms with Crippen molar-refractivity contribution in [2.45, 2.75) is 12.5 Å². The zero-order chi connectivity index (χ0) is 14.3. The third kappa shape index (κ3) is 7.09. The highest BCUT2D eigenvalue weighted by Gasteiger charge is 2.25. The van der Waals surface area contributed by atoms with Crippen LogP contribution in [0.25, 0.3) is 0 Å². The number of carboxylic acid groups (broad SMARTS) is 1. The quantitative estimate of drug-likeness (QED) is 0.463. The molecule has 0 aromatic carbocycles. The summed E-state index contributed by atoms with van der Waals surface area (Å²) in [6.45, 7) is 0.264. The molecule has 9 heteroatoms. The third-order valence-corrected chi connectivity index (χ3v) is 4.26. The first kappa shape index (κ1) is 15.9.